The van der Waals surface area contributed by atoms with E-state index in [0.29, 0.717) is 6.04 Å². The summed E-state index contributed by atoms with van der Waals surface area (Å²) in [6, 6.07) is 0.449. The Kier molecular flexibility index (Phi) is 5.10. The molecular formula is C13H25N3O. The third-order valence-electron chi connectivity index (χ3n) is 3.67. The lowest BCUT2D eigenvalue weighted by Gasteiger charge is -2.22. The maximum absolute atomic E-state index is 11.6. The first-order chi connectivity index (χ1) is 8.34. The number of amides is 2. The monoisotopic (exact) mass is 239 g/mol. The van der Waals surface area contributed by atoms with Crippen LogP contribution in [0.25, 0.3) is 0 Å². The Bertz CT molecular complexity index is 235. The summed E-state index contributed by atoms with van der Waals surface area (Å²) in [5, 5.41) is 6.03. The lowest BCUT2D eigenvalue weighted by atomic mass is 9.96. The highest BCUT2D eigenvalue weighted by Crippen LogP contribution is 2.17. The fourth-order valence-corrected chi connectivity index (χ4v) is 2.44. The molecular weight excluding hydrogens is 214 g/mol. The van der Waals surface area contributed by atoms with Gasteiger partial charge in [0.1, 0.15) is 0 Å². The molecule has 1 heterocycles. The molecule has 2 amide bonds. The molecule has 0 aromatic carbocycles. The van der Waals surface area contributed by atoms with E-state index in [0.717, 1.165) is 25.8 Å². The highest BCUT2D eigenvalue weighted by molar-refractivity contribution is 5.74. The van der Waals surface area contributed by atoms with Gasteiger partial charge in [0.2, 0.25) is 0 Å². The molecule has 2 fully saturated rings. The van der Waals surface area contributed by atoms with Crippen LogP contribution in [-0.4, -0.2) is 43.2 Å². The van der Waals surface area contributed by atoms with Crippen molar-refractivity contribution in [3.05, 3.63) is 0 Å². The van der Waals surface area contributed by atoms with E-state index in [4.69, 9.17) is 0 Å². The van der Waals surface area contributed by atoms with Crippen molar-refractivity contribution >= 4 is 6.03 Å². The average Bonchev–Trinajstić information content (AvgIpc) is 3.14. The number of carbonyl (C=O) groups is 1. The molecule has 4 nitrogen and oxygen atoms in total. The molecule has 1 saturated heterocycles. The van der Waals surface area contributed by atoms with E-state index in [9.17, 15) is 4.79 Å². The molecule has 2 aliphatic rings. The average molecular weight is 239 g/mol. The second-order valence-electron chi connectivity index (χ2n) is 5.28. The third kappa shape index (κ3) is 5.39. The smallest absolute Gasteiger partial charge is 0.315 e. The van der Waals surface area contributed by atoms with Crippen LogP contribution in [0.1, 0.15) is 44.9 Å². The van der Waals surface area contributed by atoms with Crippen LogP contribution in [0.2, 0.25) is 0 Å². The summed E-state index contributed by atoms with van der Waals surface area (Å²) in [7, 11) is 0. The van der Waals surface area contributed by atoms with Crippen LogP contribution >= 0.6 is 0 Å². The number of carbonyl (C=O) groups excluding carboxylic acids is 1. The molecule has 0 bridgehead atoms. The van der Waals surface area contributed by atoms with Gasteiger partial charge in [0.15, 0.2) is 0 Å². The molecule has 0 radical (unpaired) electrons. The number of hydrogen-bond donors (Lipinski definition) is 2. The Morgan fingerprint density at radius 2 is 1.88 bits per heavy atom. The van der Waals surface area contributed by atoms with Crippen molar-refractivity contribution in [2.24, 2.45) is 0 Å². The van der Waals surface area contributed by atoms with Gasteiger partial charge in [-0.15, -0.1) is 0 Å². The molecule has 1 aliphatic carbocycles. The molecule has 4 heteroatoms. The minimum atomic E-state index is 0.0311. The SMILES string of the molecule is O=C(NCCCCN1CC1)NC1CCCCC1. The number of nitrogens with one attached hydrogen (secondary N) is 2. The Morgan fingerprint density at radius 3 is 2.59 bits per heavy atom. The summed E-state index contributed by atoms with van der Waals surface area (Å²) in [5.74, 6) is 0. The number of unbranched alkanes of at least 4 members (excludes halogenated alkanes) is 1. The zero-order valence-corrected chi connectivity index (χ0v) is 10.7. The maximum Gasteiger partial charge on any atom is 0.315 e. The van der Waals surface area contributed by atoms with Gasteiger partial charge in [0, 0.05) is 25.7 Å². The van der Waals surface area contributed by atoms with Crippen LogP contribution in [0.4, 0.5) is 4.79 Å². The van der Waals surface area contributed by atoms with Gasteiger partial charge < -0.3 is 15.5 Å². The highest BCUT2D eigenvalue weighted by atomic mass is 16.2. The van der Waals surface area contributed by atoms with Gasteiger partial charge in [-0.25, -0.2) is 4.79 Å². The van der Waals surface area contributed by atoms with Crippen LogP contribution < -0.4 is 10.6 Å². The summed E-state index contributed by atoms with van der Waals surface area (Å²) in [6.07, 6.45) is 8.46. The number of urea groups is 1. The molecule has 1 saturated carbocycles. The molecule has 2 N–H and O–H groups in total. The van der Waals surface area contributed by atoms with E-state index in [-0.39, 0.29) is 6.03 Å². The van der Waals surface area contributed by atoms with E-state index >= 15 is 0 Å². The van der Waals surface area contributed by atoms with Crippen LogP contribution in [0, 0.1) is 0 Å². The van der Waals surface area contributed by atoms with Crippen LogP contribution in [0.3, 0.4) is 0 Å². The van der Waals surface area contributed by atoms with Crippen molar-refractivity contribution in [1.29, 1.82) is 0 Å². The molecule has 17 heavy (non-hydrogen) atoms. The summed E-state index contributed by atoms with van der Waals surface area (Å²) in [5.41, 5.74) is 0. The summed E-state index contributed by atoms with van der Waals surface area (Å²) >= 11 is 0. The Morgan fingerprint density at radius 1 is 1.12 bits per heavy atom. The van der Waals surface area contributed by atoms with Gasteiger partial charge in [-0.3, -0.25) is 0 Å². The molecule has 0 spiro atoms. The maximum atomic E-state index is 11.6. The van der Waals surface area contributed by atoms with E-state index < -0.39 is 0 Å². The second-order valence-corrected chi connectivity index (χ2v) is 5.28. The quantitative estimate of drug-likeness (QED) is 0.547. The lowest BCUT2D eigenvalue weighted by Crippen LogP contribution is -2.43. The van der Waals surface area contributed by atoms with Crippen molar-refractivity contribution in [2.75, 3.05) is 26.2 Å². The first-order valence-corrected chi connectivity index (χ1v) is 7.11. The van der Waals surface area contributed by atoms with Gasteiger partial charge in [0.05, 0.1) is 0 Å². The van der Waals surface area contributed by atoms with E-state index in [1.807, 2.05) is 0 Å². The predicted molar refractivity (Wildman–Crippen MR) is 69.1 cm³/mol. The second kappa shape index (κ2) is 6.84. The Hall–Kier alpha value is -0.770. The van der Waals surface area contributed by atoms with Crippen LogP contribution in [0.5, 0.6) is 0 Å². The van der Waals surface area contributed by atoms with E-state index in [1.165, 1.54) is 45.3 Å². The normalized spacial score (nSPS) is 21.2. The van der Waals surface area contributed by atoms with Gasteiger partial charge in [-0.1, -0.05) is 19.3 Å². The van der Waals surface area contributed by atoms with Gasteiger partial charge in [0.25, 0.3) is 0 Å². The number of hydrogen-bond acceptors (Lipinski definition) is 2. The van der Waals surface area contributed by atoms with Crippen molar-refractivity contribution in [3.63, 3.8) is 0 Å². The van der Waals surface area contributed by atoms with Gasteiger partial charge in [-0.2, -0.15) is 0 Å². The zero-order chi connectivity index (χ0) is 11.9. The summed E-state index contributed by atoms with van der Waals surface area (Å²) in [6.45, 7) is 4.56. The molecule has 98 valence electrons. The first-order valence-electron chi connectivity index (χ1n) is 7.11. The zero-order valence-electron chi connectivity index (χ0n) is 10.7. The van der Waals surface area contributed by atoms with Crippen molar-refractivity contribution < 1.29 is 4.79 Å². The predicted octanol–water partition coefficient (Wildman–Crippen LogP) is 1.71. The molecule has 2 rings (SSSR count). The Labute approximate surface area is 104 Å². The Balaban J connectivity index is 1.44. The lowest BCUT2D eigenvalue weighted by molar-refractivity contribution is 0.232. The topological polar surface area (TPSA) is 44.1 Å². The molecule has 0 aromatic heterocycles. The minimum Gasteiger partial charge on any atom is -0.338 e. The fourth-order valence-electron chi connectivity index (χ4n) is 2.44. The van der Waals surface area contributed by atoms with Crippen LogP contribution in [0.15, 0.2) is 0 Å². The molecule has 0 aromatic rings. The number of nitrogens with zero attached hydrogens (tertiary/aromatic N) is 1. The molecule has 0 atom stereocenters. The van der Waals surface area contributed by atoms with Crippen molar-refractivity contribution in [3.8, 4) is 0 Å². The molecule has 0 unspecified atom stereocenters. The van der Waals surface area contributed by atoms with E-state index in [2.05, 4.69) is 15.5 Å². The highest BCUT2D eigenvalue weighted by Gasteiger charge is 2.16. The number of rotatable bonds is 6. The molecule has 1 aliphatic heterocycles. The minimum absolute atomic E-state index is 0.0311. The van der Waals surface area contributed by atoms with Crippen molar-refractivity contribution in [1.82, 2.24) is 15.5 Å². The van der Waals surface area contributed by atoms with Crippen LogP contribution in [-0.2, 0) is 0 Å². The summed E-state index contributed by atoms with van der Waals surface area (Å²) in [4.78, 5) is 14.0. The van der Waals surface area contributed by atoms with Gasteiger partial charge >= 0.3 is 6.03 Å². The van der Waals surface area contributed by atoms with Crippen molar-refractivity contribution in [2.45, 2.75) is 51.0 Å². The largest absolute Gasteiger partial charge is 0.338 e. The van der Waals surface area contributed by atoms with Gasteiger partial charge in [-0.05, 0) is 32.2 Å². The first kappa shape index (κ1) is 12.7. The standard InChI is InChI=1S/C13H25N3O/c17-13(15-12-6-2-1-3-7-12)14-8-4-5-9-16-10-11-16/h12H,1-11H2,(H2,14,15,17). The van der Waals surface area contributed by atoms with E-state index in [1.54, 1.807) is 0 Å². The summed E-state index contributed by atoms with van der Waals surface area (Å²) < 4.78 is 0. The third-order valence-corrected chi connectivity index (χ3v) is 3.67. The fraction of sp³-hybridized carbons (Fsp3) is 0.923.